The van der Waals surface area contributed by atoms with Crippen LogP contribution in [0.4, 0.5) is 0 Å². The Kier molecular flexibility index (Phi) is 5.70. The molecule has 6 nitrogen and oxygen atoms in total. The lowest BCUT2D eigenvalue weighted by Crippen LogP contribution is -2.43. The van der Waals surface area contributed by atoms with Gasteiger partial charge in [0.25, 0.3) is 11.8 Å². The maximum atomic E-state index is 12.6. The van der Waals surface area contributed by atoms with Crippen molar-refractivity contribution in [2.24, 2.45) is 0 Å². The molecule has 1 aromatic heterocycles. The van der Waals surface area contributed by atoms with E-state index in [1.165, 1.54) is 0 Å². The summed E-state index contributed by atoms with van der Waals surface area (Å²) < 4.78 is 1.73. The van der Waals surface area contributed by atoms with Crippen LogP contribution in [0, 0.1) is 0 Å². The van der Waals surface area contributed by atoms with Crippen LogP contribution >= 0.6 is 23.2 Å². The van der Waals surface area contributed by atoms with E-state index >= 15 is 0 Å². The zero-order valence-electron chi connectivity index (χ0n) is 15.6. The molecule has 1 heterocycles. The molecule has 8 heteroatoms. The third kappa shape index (κ3) is 4.01. The summed E-state index contributed by atoms with van der Waals surface area (Å²) in [5.74, 6) is -0.312. The van der Waals surface area contributed by atoms with Crippen molar-refractivity contribution < 1.29 is 9.59 Å². The minimum atomic E-state index is -0.415. The first kappa shape index (κ1) is 19.9. The molecule has 0 saturated heterocycles. The number of rotatable bonds is 4. The van der Waals surface area contributed by atoms with E-state index < -0.39 is 11.8 Å². The lowest BCUT2D eigenvalue weighted by atomic mass is 10.2. The number of carbonyl (C=O) groups excluding carboxylic acids is 2. The normalized spacial score (nSPS) is 10.7. The van der Waals surface area contributed by atoms with Gasteiger partial charge in [0.2, 0.25) is 0 Å². The van der Waals surface area contributed by atoms with E-state index in [4.69, 9.17) is 23.2 Å². The number of fused-ring (bicyclic) bond motifs is 1. The van der Waals surface area contributed by atoms with Crippen molar-refractivity contribution in [3.63, 3.8) is 0 Å². The maximum Gasteiger partial charge on any atom is 0.269 e. The summed E-state index contributed by atoms with van der Waals surface area (Å²) in [7, 11) is 0. The van der Waals surface area contributed by atoms with Crippen molar-refractivity contribution in [1.29, 1.82) is 0 Å². The van der Waals surface area contributed by atoms with E-state index in [0.717, 1.165) is 5.52 Å². The SMILES string of the molecule is O=C(Cn1c(-c2cccc(Cl)c2Cl)nc2ccccc21)NNC(=O)c1ccccc1. The highest BCUT2D eigenvalue weighted by atomic mass is 35.5. The number of para-hydroxylation sites is 2. The number of nitrogens with one attached hydrogen (secondary N) is 2. The van der Waals surface area contributed by atoms with Crippen molar-refractivity contribution in [3.05, 3.63) is 88.4 Å². The molecule has 0 aliphatic rings. The molecule has 30 heavy (non-hydrogen) atoms. The van der Waals surface area contributed by atoms with E-state index in [1.807, 2.05) is 30.3 Å². The molecule has 0 bridgehead atoms. The van der Waals surface area contributed by atoms with Crippen LogP contribution in [0.2, 0.25) is 10.0 Å². The number of nitrogens with zero attached hydrogens (tertiary/aromatic N) is 2. The molecule has 0 aliphatic carbocycles. The van der Waals surface area contributed by atoms with Gasteiger partial charge in [0.15, 0.2) is 0 Å². The monoisotopic (exact) mass is 438 g/mol. The molecule has 150 valence electrons. The van der Waals surface area contributed by atoms with Crippen LogP contribution in [0.1, 0.15) is 10.4 Å². The van der Waals surface area contributed by atoms with E-state index in [2.05, 4.69) is 15.8 Å². The third-order valence-corrected chi connectivity index (χ3v) is 5.32. The first-order valence-corrected chi connectivity index (χ1v) is 9.84. The zero-order valence-corrected chi connectivity index (χ0v) is 17.1. The molecule has 0 unspecified atom stereocenters. The van der Waals surface area contributed by atoms with Crippen molar-refractivity contribution in [2.45, 2.75) is 6.54 Å². The van der Waals surface area contributed by atoms with Crippen LogP contribution < -0.4 is 10.9 Å². The van der Waals surface area contributed by atoms with Gasteiger partial charge in [0.05, 0.1) is 21.1 Å². The van der Waals surface area contributed by atoms with Crippen LogP contribution in [0.15, 0.2) is 72.8 Å². The van der Waals surface area contributed by atoms with Gasteiger partial charge in [-0.25, -0.2) is 4.98 Å². The Labute approximate surface area is 182 Å². The minimum absolute atomic E-state index is 0.0756. The summed E-state index contributed by atoms with van der Waals surface area (Å²) in [6, 6.07) is 21.3. The van der Waals surface area contributed by atoms with Gasteiger partial charge in [0.1, 0.15) is 12.4 Å². The standard InChI is InChI=1S/C22H16Cl2N4O2/c23-16-10-6-9-15(20(16)24)21-25-17-11-4-5-12-18(17)28(21)13-19(29)26-27-22(30)14-7-2-1-3-8-14/h1-12H,13H2,(H,26,29)(H,27,30). The fraction of sp³-hybridized carbons (Fsp3) is 0.0455. The smallest absolute Gasteiger partial charge is 0.269 e. The molecule has 2 amide bonds. The summed E-state index contributed by atoms with van der Waals surface area (Å²) in [6.07, 6.45) is 0. The Morgan fingerprint density at radius 3 is 2.40 bits per heavy atom. The maximum absolute atomic E-state index is 12.6. The van der Waals surface area contributed by atoms with E-state index in [-0.39, 0.29) is 6.54 Å². The van der Waals surface area contributed by atoms with Gasteiger partial charge in [-0.15, -0.1) is 0 Å². The first-order valence-electron chi connectivity index (χ1n) is 9.08. The molecule has 0 saturated carbocycles. The second kappa shape index (κ2) is 8.57. The molecule has 4 rings (SSSR count). The molecular weight excluding hydrogens is 423 g/mol. The Morgan fingerprint density at radius 1 is 0.867 bits per heavy atom. The Hall–Kier alpha value is -3.35. The highest BCUT2D eigenvalue weighted by Gasteiger charge is 2.18. The summed E-state index contributed by atoms with van der Waals surface area (Å²) in [6.45, 7) is -0.0756. The molecule has 0 aliphatic heterocycles. The predicted molar refractivity (Wildman–Crippen MR) is 117 cm³/mol. The highest BCUT2D eigenvalue weighted by Crippen LogP contribution is 2.34. The summed E-state index contributed by atoms with van der Waals surface area (Å²) in [5.41, 5.74) is 7.39. The number of benzene rings is 3. The van der Waals surface area contributed by atoms with Gasteiger partial charge in [0, 0.05) is 11.1 Å². The Morgan fingerprint density at radius 2 is 1.60 bits per heavy atom. The summed E-state index contributed by atoms with van der Waals surface area (Å²) >= 11 is 12.6. The number of carbonyl (C=O) groups is 2. The number of hydrogen-bond donors (Lipinski definition) is 2. The van der Waals surface area contributed by atoms with Crippen molar-refractivity contribution in [3.8, 4) is 11.4 Å². The van der Waals surface area contributed by atoms with E-state index in [1.54, 1.807) is 47.0 Å². The number of aromatic nitrogens is 2. The molecule has 0 spiro atoms. The number of hydrazine groups is 1. The van der Waals surface area contributed by atoms with Crippen LogP contribution in [0.5, 0.6) is 0 Å². The number of amides is 2. The lowest BCUT2D eigenvalue weighted by Gasteiger charge is -2.12. The number of imidazole rings is 1. The van der Waals surface area contributed by atoms with Gasteiger partial charge >= 0.3 is 0 Å². The van der Waals surface area contributed by atoms with Crippen molar-refractivity contribution in [1.82, 2.24) is 20.4 Å². The van der Waals surface area contributed by atoms with Gasteiger partial charge in [-0.2, -0.15) is 0 Å². The number of hydrogen-bond acceptors (Lipinski definition) is 3. The third-order valence-electron chi connectivity index (χ3n) is 4.50. The average molecular weight is 439 g/mol. The molecule has 4 aromatic rings. The quantitative estimate of drug-likeness (QED) is 0.461. The number of halogens is 2. The van der Waals surface area contributed by atoms with Crippen molar-refractivity contribution in [2.75, 3.05) is 0 Å². The largest absolute Gasteiger partial charge is 0.314 e. The molecule has 0 radical (unpaired) electrons. The van der Waals surface area contributed by atoms with Crippen molar-refractivity contribution >= 4 is 46.0 Å². The minimum Gasteiger partial charge on any atom is -0.314 e. The topological polar surface area (TPSA) is 76.0 Å². The van der Waals surface area contributed by atoms with Crippen LogP contribution in [-0.4, -0.2) is 21.4 Å². The molecule has 3 aromatic carbocycles. The second-order valence-corrected chi connectivity index (χ2v) is 7.27. The fourth-order valence-corrected chi connectivity index (χ4v) is 3.47. The second-order valence-electron chi connectivity index (χ2n) is 6.48. The lowest BCUT2D eigenvalue weighted by molar-refractivity contribution is -0.122. The molecule has 0 atom stereocenters. The van der Waals surface area contributed by atoms with Crippen LogP contribution in [0.25, 0.3) is 22.4 Å². The first-order chi connectivity index (χ1) is 14.5. The van der Waals surface area contributed by atoms with Gasteiger partial charge in [-0.05, 0) is 36.4 Å². The Balaban J connectivity index is 1.61. The molecular formula is C22H16Cl2N4O2. The fourth-order valence-electron chi connectivity index (χ4n) is 3.09. The van der Waals surface area contributed by atoms with Crippen LogP contribution in [0.3, 0.4) is 0 Å². The highest BCUT2D eigenvalue weighted by molar-refractivity contribution is 6.43. The molecule has 0 fully saturated rings. The predicted octanol–water partition coefficient (Wildman–Crippen LogP) is 4.47. The summed E-state index contributed by atoms with van der Waals surface area (Å²) in [4.78, 5) is 29.4. The summed E-state index contributed by atoms with van der Waals surface area (Å²) in [5, 5.41) is 0.751. The Bertz CT molecular complexity index is 1240. The average Bonchev–Trinajstić information content (AvgIpc) is 3.12. The zero-order chi connectivity index (χ0) is 21.1. The van der Waals surface area contributed by atoms with Gasteiger partial charge in [-0.3, -0.25) is 20.4 Å². The van der Waals surface area contributed by atoms with Gasteiger partial charge in [-0.1, -0.05) is 59.6 Å². The van der Waals surface area contributed by atoms with E-state index in [9.17, 15) is 9.59 Å². The molecule has 2 N–H and O–H groups in total. The van der Waals surface area contributed by atoms with E-state index in [0.29, 0.717) is 32.5 Å². The van der Waals surface area contributed by atoms with Crippen LogP contribution in [-0.2, 0) is 11.3 Å². The van der Waals surface area contributed by atoms with Gasteiger partial charge < -0.3 is 4.57 Å².